The molecule has 2 rings (SSSR count). The summed E-state index contributed by atoms with van der Waals surface area (Å²) in [5.74, 6) is -0.126. The monoisotopic (exact) mass is 365 g/mol. The molecular formula is C16H26Cl2FN3O. The van der Waals surface area contributed by atoms with Gasteiger partial charge in [-0.2, -0.15) is 0 Å². The minimum absolute atomic E-state index is 0. The second kappa shape index (κ2) is 11.5. The van der Waals surface area contributed by atoms with E-state index in [9.17, 15) is 9.18 Å². The number of halogens is 3. The third-order valence-electron chi connectivity index (χ3n) is 3.86. The summed E-state index contributed by atoms with van der Waals surface area (Å²) >= 11 is 0. The zero-order valence-electron chi connectivity index (χ0n) is 13.4. The van der Waals surface area contributed by atoms with Crippen molar-refractivity contribution in [3.8, 4) is 0 Å². The first-order valence-electron chi connectivity index (χ1n) is 7.65. The second-order valence-corrected chi connectivity index (χ2v) is 5.52. The number of hydrogen-bond donors (Lipinski definition) is 2. The molecule has 1 amide bonds. The van der Waals surface area contributed by atoms with Crippen LogP contribution in [0.25, 0.3) is 0 Å². The molecule has 7 heteroatoms. The molecule has 0 unspecified atom stereocenters. The molecule has 1 aliphatic heterocycles. The number of nitrogens with one attached hydrogen (secondary N) is 2. The molecule has 0 aromatic heterocycles. The minimum atomic E-state index is -0.213. The molecule has 1 heterocycles. The van der Waals surface area contributed by atoms with Gasteiger partial charge in [-0.1, -0.05) is 18.6 Å². The van der Waals surface area contributed by atoms with Gasteiger partial charge in [0.2, 0.25) is 5.91 Å². The standard InChI is InChI=1S/C16H24FN3O.2ClH/c1-20(15-9-3-2-7-13(15)17)12-6-11-19-16(21)14-8-4-5-10-18-14;;/h2-3,7,9,14,18H,4-6,8,10-12H2,1H3,(H,19,21);2*1H/t14-;;/m1../s1. The number of amides is 1. The highest BCUT2D eigenvalue weighted by molar-refractivity contribution is 5.85. The predicted molar refractivity (Wildman–Crippen MR) is 97.4 cm³/mol. The van der Waals surface area contributed by atoms with Crippen molar-refractivity contribution in [2.24, 2.45) is 0 Å². The van der Waals surface area contributed by atoms with E-state index in [0.29, 0.717) is 18.8 Å². The van der Waals surface area contributed by atoms with Gasteiger partial charge in [0, 0.05) is 20.1 Å². The number of carbonyl (C=O) groups excluding carboxylic acids is 1. The number of nitrogens with zero attached hydrogens (tertiary/aromatic N) is 1. The molecule has 0 aliphatic carbocycles. The lowest BCUT2D eigenvalue weighted by molar-refractivity contribution is -0.123. The summed E-state index contributed by atoms with van der Waals surface area (Å²) in [6, 6.07) is 6.70. The van der Waals surface area contributed by atoms with Crippen molar-refractivity contribution in [3.63, 3.8) is 0 Å². The average molecular weight is 366 g/mol. The third-order valence-corrected chi connectivity index (χ3v) is 3.86. The SMILES string of the molecule is CN(CCCNC(=O)[C@H]1CCCCN1)c1ccccc1F.Cl.Cl. The van der Waals surface area contributed by atoms with Gasteiger partial charge in [0.15, 0.2) is 0 Å². The molecule has 1 fully saturated rings. The number of benzene rings is 1. The van der Waals surface area contributed by atoms with E-state index in [1.165, 1.54) is 6.07 Å². The maximum atomic E-state index is 13.6. The van der Waals surface area contributed by atoms with Crippen molar-refractivity contribution in [2.75, 3.05) is 31.6 Å². The first-order chi connectivity index (χ1) is 10.2. The van der Waals surface area contributed by atoms with Crippen molar-refractivity contribution in [1.82, 2.24) is 10.6 Å². The number of carbonyl (C=O) groups is 1. The van der Waals surface area contributed by atoms with E-state index in [1.807, 2.05) is 18.0 Å². The largest absolute Gasteiger partial charge is 0.372 e. The van der Waals surface area contributed by atoms with Crippen LogP contribution in [0.5, 0.6) is 0 Å². The Kier molecular flexibility index (Phi) is 11.0. The first kappa shape index (κ1) is 22.0. The van der Waals surface area contributed by atoms with Crippen molar-refractivity contribution >= 4 is 36.4 Å². The lowest BCUT2D eigenvalue weighted by Crippen LogP contribution is -2.47. The van der Waals surface area contributed by atoms with Crippen LogP contribution < -0.4 is 15.5 Å². The van der Waals surface area contributed by atoms with Gasteiger partial charge in [0.1, 0.15) is 5.82 Å². The van der Waals surface area contributed by atoms with Crippen molar-refractivity contribution in [1.29, 1.82) is 0 Å². The molecule has 1 aromatic rings. The fraction of sp³-hybridized carbons (Fsp3) is 0.562. The number of rotatable bonds is 6. The molecule has 0 radical (unpaired) electrons. The molecule has 132 valence electrons. The third kappa shape index (κ3) is 6.94. The van der Waals surface area contributed by atoms with E-state index in [0.717, 1.165) is 32.2 Å². The number of hydrogen-bond acceptors (Lipinski definition) is 3. The second-order valence-electron chi connectivity index (χ2n) is 5.52. The molecule has 1 saturated heterocycles. The zero-order chi connectivity index (χ0) is 15.1. The van der Waals surface area contributed by atoms with Crippen LogP contribution in [0.15, 0.2) is 24.3 Å². The van der Waals surface area contributed by atoms with Crippen LogP contribution in [-0.4, -0.2) is 38.6 Å². The van der Waals surface area contributed by atoms with Gasteiger partial charge in [0.25, 0.3) is 0 Å². The Labute approximate surface area is 150 Å². The molecule has 4 nitrogen and oxygen atoms in total. The van der Waals surface area contributed by atoms with E-state index in [2.05, 4.69) is 10.6 Å². The average Bonchev–Trinajstić information content (AvgIpc) is 2.52. The van der Waals surface area contributed by atoms with Crippen LogP contribution in [0.4, 0.5) is 10.1 Å². The van der Waals surface area contributed by atoms with Crippen LogP contribution >= 0.6 is 24.8 Å². The lowest BCUT2D eigenvalue weighted by Gasteiger charge is -2.23. The first-order valence-corrected chi connectivity index (χ1v) is 7.65. The van der Waals surface area contributed by atoms with Crippen LogP contribution in [-0.2, 0) is 4.79 Å². The molecule has 1 aliphatic rings. The summed E-state index contributed by atoms with van der Waals surface area (Å²) in [5, 5.41) is 6.18. The van der Waals surface area contributed by atoms with E-state index in [1.54, 1.807) is 12.1 Å². The summed E-state index contributed by atoms with van der Waals surface area (Å²) < 4.78 is 13.6. The van der Waals surface area contributed by atoms with Gasteiger partial charge < -0.3 is 15.5 Å². The summed E-state index contributed by atoms with van der Waals surface area (Å²) in [6.07, 6.45) is 3.97. The van der Waals surface area contributed by atoms with Gasteiger partial charge in [-0.25, -0.2) is 4.39 Å². The lowest BCUT2D eigenvalue weighted by atomic mass is 10.0. The Hall–Kier alpha value is -1.04. The Bertz CT molecular complexity index is 470. The quantitative estimate of drug-likeness (QED) is 0.761. The molecule has 1 aromatic carbocycles. The summed E-state index contributed by atoms with van der Waals surface area (Å²) in [6.45, 7) is 2.25. The van der Waals surface area contributed by atoms with Crippen molar-refractivity contribution < 1.29 is 9.18 Å². The van der Waals surface area contributed by atoms with Crippen molar-refractivity contribution in [2.45, 2.75) is 31.7 Å². The summed E-state index contributed by atoms with van der Waals surface area (Å²) in [5.41, 5.74) is 0.595. The Morgan fingerprint density at radius 2 is 2.09 bits per heavy atom. The van der Waals surface area contributed by atoms with Gasteiger partial charge in [0.05, 0.1) is 11.7 Å². The highest BCUT2D eigenvalue weighted by atomic mass is 35.5. The van der Waals surface area contributed by atoms with Crippen molar-refractivity contribution in [3.05, 3.63) is 30.1 Å². The number of piperidine rings is 1. The smallest absolute Gasteiger partial charge is 0.237 e. The molecule has 1 atom stereocenters. The van der Waals surface area contributed by atoms with Crippen LogP contribution in [0.2, 0.25) is 0 Å². The fourth-order valence-corrected chi connectivity index (χ4v) is 2.61. The maximum absolute atomic E-state index is 13.6. The molecule has 2 N–H and O–H groups in total. The summed E-state index contributed by atoms with van der Waals surface area (Å²) in [7, 11) is 1.86. The molecule has 0 saturated carbocycles. The number of para-hydroxylation sites is 1. The Morgan fingerprint density at radius 1 is 1.35 bits per heavy atom. The van der Waals surface area contributed by atoms with Crippen LogP contribution in [0.3, 0.4) is 0 Å². The van der Waals surface area contributed by atoms with Gasteiger partial charge >= 0.3 is 0 Å². The van der Waals surface area contributed by atoms with E-state index in [-0.39, 0.29) is 42.6 Å². The van der Waals surface area contributed by atoms with Crippen LogP contribution in [0, 0.1) is 5.82 Å². The molecule has 0 spiro atoms. The normalized spacial score (nSPS) is 16.7. The van der Waals surface area contributed by atoms with Gasteiger partial charge in [-0.05, 0) is 37.9 Å². The van der Waals surface area contributed by atoms with E-state index in [4.69, 9.17) is 0 Å². The van der Waals surface area contributed by atoms with Gasteiger partial charge in [-0.3, -0.25) is 4.79 Å². The fourth-order valence-electron chi connectivity index (χ4n) is 2.61. The maximum Gasteiger partial charge on any atom is 0.237 e. The topological polar surface area (TPSA) is 44.4 Å². The zero-order valence-corrected chi connectivity index (χ0v) is 15.0. The Balaban J connectivity index is 0.00000242. The van der Waals surface area contributed by atoms with Crippen LogP contribution in [0.1, 0.15) is 25.7 Å². The molecule has 23 heavy (non-hydrogen) atoms. The highest BCUT2D eigenvalue weighted by Crippen LogP contribution is 2.16. The molecule has 0 bridgehead atoms. The number of anilines is 1. The highest BCUT2D eigenvalue weighted by Gasteiger charge is 2.19. The predicted octanol–water partition coefficient (Wildman–Crippen LogP) is 2.75. The minimum Gasteiger partial charge on any atom is -0.372 e. The van der Waals surface area contributed by atoms with E-state index < -0.39 is 0 Å². The summed E-state index contributed by atoms with van der Waals surface area (Å²) in [4.78, 5) is 13.8. The molecular weight excluding hydrogens is 340 g/mol. The Morgan fingerprint density at radius 3 is 2.74 bits per heavy atom. The van der Waals surface area contributed by atoms with Gasteiger partial charge in [-0.15, -0.1) is 24.8 Å². The van der Waals surface area contributed by atoms with E-state index >= 15 is 0 Å².